The van der Waals surface area contributed by atoms with Gasteiger partial charge in [-0.3, -0.25) is 0 Å². The van der Waals surface area contributed by atoms with Gasteiger partial charge in [0.1, 0.15) is 18.3 Å². The summed E-state index contributed by atoms with van der Waals surface area (Å²) >= 11 is 0. The van der Waals surface area contributed by atoms with Crippen molar-refractivity contribution in [3.05, 3.63) is 12.2 Å². The smallest absolute Gasteiger partial charge is 0.164 e. The molecule has 0 aromatic heterocycles. The van der Waals surface area contributed by atoms with Crippen molar-refractivity contribution < 1.29 is 14.6 Å². The number of aliphatic hydroxyl groups is 1. The Balaban J connectivity index is 2.15. The number of fused-ring (bicyclic) bond motifs is 1. The van der Waals surface area contributed by atoms with Gasteiger partial charge in [0.25, 0.3) is 0 Å². The van der Waals surface area contributed by atoms with Crippen LogP contribution in [0.25, 0.3) is 0 Å². The van der Waals surface area contributed by atoms with Gasteiger partial charge in [-0.05, 0) is 13.8 Å². The summed E-state index contributed by atoms with van der Waals surface area (Å²) in [5.41, 5.74) is 0. The van der Waals surface area contributed by atoms with Gasteiger partial charge < -0.3 is 14.6 Å². The summed E-state index contributed by atoms with van der Waals surface area (Å²) in [6.07, 6.45) is 2.82. The van der Waals surface area contributed by atoms with E-state index in [-0.39, 0.29) is 12.2 Å². The minimum Gasteiger partial charge on any atom is -0.386 e. The van der Waals surface area contributed by atoms with E-state index in [0.29, 0.717) is 0 Å². The van der Waals surface area contributed by atoms with Crippen LogP contribution in [0.5, 0.6) is 0 Å². The SMILES string of the molecule is CC1(C)O[C@@H]2[C@H](O)C=C[C@@H]2O1. The average Bonchev–Trinajstić information content (AvgIpc) is 2.31. The first-order valence-corrected chi connectivity index (χ1v) is 3.80. The highest BCUT2D eigenvalue weighted by molar-refractivity contribution is 5.13. The molecule has 0 amide bonds. The molecule has 1 saturated heterocycles. The predicted octanol–water partition coefficient (Wildman–Crippen LogP) is 0.437. The maximum atomic E-state index is 9.34. The predicted molar refractivity (Wildman–Crippen MR) is 39.0 cm³/mol. The number of aliphatic hydroxyl groups excluding tert-OH is 1. The van der Waals surface area contributed by atoms with Gasteiger partial charge in [-0.2, -0.15) is 0 Å². The van der Waals surface area contributed by atoms with Gasteiger partial charge >= 0.3 is 0 Å². The first kappa shape index (κ1) is 7.28. The molecule has 0 spiro atoms. The van der Waals surface area contributed by atoms with Crippen molar-refractivity contribution in [1.29, 1.82) is 0 Å². The third kappa shape index (κ3) is 1.09. The fourth-order valence-electron chi connectivity index (χ4n) is 1.56. The molecule has 1 aliphatic carbocycles. The van der Waals surface area contributed by atoms with E-state index >= 15 is 0 Å². The summed E-state index contributed by atoms with van der Waals surface area (Å²) in [5.74, 6) is -0.541. The summed E-state index contributed by atoms with van der Waals surface area (Å²) in [4.78, 5) is 0. The van der Waals surface area contributed by atoms with Crippen molar-refractivity contribution in [2.75, 3.05) is 0 Å². The average molecular weight is 156 g/mol. The minimum atomic E-state index is -0.541. The molecule has 2 aliphatic rings. The Labute approximate surface area is 65.6 Å². The Morgan fingerprint density at radius 3 is 2.64 bits per heavy atom. The third-order valence-electron chi connectivity index (χ3n) is 2.00. The Kier molecular flexibility index (Phi) is 1.36. The van der Waals surface area contributed by atoms with Crippen molar-refractivity contribution in [1.82, 2.24) is 0 Å². The van der Waals surface area contributed by atoms with Crippen molar-refractivity contribution in [3.63, 3.8) is 0 Å². The Morgan fingerprint density at radius 1 is 1.27 bits per heavy atom. The number of rotatable bonds is 0. The second-order valence-electron chi connectivity index (χ2n) is 3.44. The van der Waals surface area contributed by atoms with E-state index in [2.05, 4.69) is 0 Å². The van der Waals surface area contributed by atoms with Gasteiger partial charge in [-0.1, -0.05) is 12.2 Å². The molecule has 3 nitrogen and oxygen atoms in total. The van der Waals surface area contributed by atoms with Gasteiger partial charge in [0.15, 0.2) is 5.79 Å². The van der Waals surface area contributed by atoms with Crippen molar-refractivity contribution in [3.8, 4) is 0 Å². The van der Waals surface area contributed by atoms with Crippen LogP contribution in [-0.2, 0) is 9.47 Å². The van der Waals surface area contributed by atoms with Gasteiger partial charge in [0.2, 0.25) is 0 Å². The highest BCUT2D eigenvalue weighted by Crippen LogP contribution is 2.34. The zero-order valence-corrected chi connectivity index (χ0v) is 6.65. The van der Waals surface area contributed by atoms with Crippen LogP contribution in [0.4, 0.5) is 0 Å². The second kappa shape index (κ2) is 2.06. The van der Waals surface area contributed by atoms with Gasteiger partial charge in [-0.25, -0.2) is 0 Å². The van der Waals surface area contributed by atoms with Crippen LogP contribution >= 0.6 is 0 Å². The number of hydrogen-bond acceptors (Lipinski definition) is 3. The molecule has 1 aliphatic heterocycles. The molecule has 0 unspecified atom stereocenters. The molecule has 1 N–H and O–H groups in total. The van der Waals surface area contributed by atoms with Gasteiger partial charge in [0.05, 0.1) is 0 Å². The number of hydrogen-bond donors (Lipinski definition) is 1. The van der Waals surface area contributed by atoms with E-state index in [0.717, 1.165) is 0 Å². The van der Waals surface area contributed by atoms with E-state index in [9.17, 15) is 5.11 Å². The van der Waals surface area contributed by atoms with Crippen molar-refractivity contribution in [2.24, 2.45) is 0 Å². The summed E-state index contributed by atoms with van der Waals surface area (Å²) in [5, 5.41) is 9.34. The normalized spacial score (nSPS) is 46.3. The first-order valence-electron chi connectivity index (χ1n) is 3.80. The molecule has 62 valence electrons. The quantitative estimate of drug-likeness (QED) is 0.517. The lowest BCUT2D eigenvalue weighted by molar-refractivity contribution is -0.152. The van der Waals surface area contributed by atoms with E-state index < -0.39 is 11.9 Å². The highest BCUT2D eigenvalue weighted by Gasteiger charge is 2.45. The fourth-order valence-corrected chi connectivity index (χ4v) is 1.56. The maximum absolute atomic E-state index is 9.34. The Hall–Kier alpha value is -0.380. The highest BCUT2D eigenvalue weighted by atomic mass is 16.8. The Bertz CT molecular complexity index is 198. The van der Waals surface area contributed by atoms with Crippen LogP contribution in [-0.4, -0.2) is 29.2 Å². The summed E-state index contributed by atoms with van der Waals surface area (Å²) in [6.45, 7) is 3.71. The van der Waals surface area contributed by atoms with Crippen LogP contribution in [0.2, 0.25) is 0 Å². The lowest BCUT2D eigenvalue weighted by Crippen LogP contribution is -2.28. The minimum absolute atomic E-state index is 0.0556. The fraction of sp³-hybridized carbons (Fsp3) is 0.750. The Morgan fingerprint density at radius 2 is 2.00 bits per heavy atom. The topological polar surface area (TPSA) is 38.7 Å². The molecule has 3 heteroatoms. The van der Waals surface area contributed by atoms with E-state index in [1.165, 1.54) is 0 Å². The number of ether oxygens (including phenoxy) is 2. The standard InChI is InChI=1S/C8H12O3/c1-8(2)10-6-4-3-5(9)7(6)11-8/h3-7,9H,1-2H3/t5-,6+,7-/m1/s1. The lowest BCUT2D eigenvalue weighted by Gasteiger charge is -2.18. The maximum Gasteiger partial charge on any atom is 0.164 e. The lowest BCUT2D eigenvalue weighted by atomic mass is 10.2. The molecule has 3 atom stereocenters. The van der Waals surface area contributed by atoms with Crippen LogP contribution < -0.4 is 0 Å². The van der Waals surface area contributed by atoms with Crippen LogP contribution in [0.1, 0.15) is 13.8 Å². The zero-order valence-electron chi connectivity index (χ0n) is 6.65. The second-order valence-corrected chi connectivity index (χ2v) is 3.44. The van der Waals surface area contributed by atoms with E-state index in [1.807, 2.05) is 19.9 Å². The first-order chi connectivity index (χ1) is 5.08. The molecule has 0 aromatic rings. The molecule has 1 fully saturated rings. The molecule has 2 rings (SSSR count). The third-order valence-corrected chi connectivity index (χ3v) is 2.00. The molecule has 0 aromatic carbocycles. The molecule has 11 heavy (non-hydrogen) atoms. The molecule has 1 heterocycles. The van der Waals surface area contributed by atoms with Crippen LogP contribution in [0.15, 0.2) is 12.2 Å². The van der Waals surface area contributed by atoms with Crippen LogP contribution in [0.3, 0.4) is 0 Å². The van der Waals surface area contributed by atoms with Crippen molar-refractivity contribution in [2.45, 2.75) is 37.9 Å². The molecule has 0 radical (unpaired) electrons. The van der Waals surface area contributed by atoms with E-state index in [1.54, 1.807) is 6.08 Å². The summed E-state index contributed by atoms with van der Waals surface area (Å²) < 4.78 is 10.9. The summed E-state index contributed by atoms with van der Waals surface area (Å²) in [7, 11) is 0. The molecule has 0 bridgehead atoms. The van der Waals surface area contributed by atoms with Crippen LogP contribution in [0, 0.1) is 0 Å². The van der Waals surface area contributed by atoms with Crippen molar-refractivity contribution >= 4 is 0 Å². The van der Waals surface area contributed by atoms with Gasteiger partial charge in [-0.15, -0.1) is 0 Å². The zero-order chi connectivity index (χ0) is 8.06. The summed E-state index contributed by atoms with van der Waals surface area (Å²) in [6, 6.07) is 0. The molecular formula is C8H12O3. The van der Waals surface area contributed by atoms with Gasteiger partial charge in [0, 0.05) is 0 Å². The molecular weight excluding hydrogens is 144 g/mol. The monoisotopic (exact) mass is 156 g/mol. The van der Waals surface area contributed by atoms with E-state index in [4.69, 9.17) is 9.47 Å². The largest absolute Gasteiger partial charge is 0.386 e. The molecule has 0 saturated carbocycles.